The monoisotopic (exact) mass is 249 g/mol. The Bertz CT molecular complexity index is 404. The van der Waals surface area contributed by atoms with Crippen molar-refractivity contribution in [1.82, 2.24) is 4.90 Å². The van der Waals surface area contributed by atoms with Gasteiger partial charge in [0.1, 0.15) is 12.4 Å². The van der Waals surface area contributed by atoms with E-state index in [0.717, 1.165) is 44.0 Å². The standard InChI is InChI=1S/C14H19NO3/c16-13-9-11(15-5-7-17-8-6-15)10-18-14-4-2-1-3-12(13)14/h1-4,11,13,16H,5-10H2/t11-,13+/m0/s1. The van der Waals surface area contributed by atoms with E-state index in [1.54, 1.807) is 0 Å². The van der Waals surface area contributed by atoms with Crippen molar-refractivity contribution < 1.29 is 14.6 Å². The predicted molar refractivity (Wildman–Crippen MR) is 67.7 cm³/mol. The van der Waals surface area contributed by atoms with Crippen molar-refractivity contribution in [2.75, 3.05) is 32.9 Å². The molecule has 0 spiro atoms. The Labute approximate surface area is 107 Å². The summed E-state index contributed by atoms with van der Waals surface area (Å²) in [5.41, 5.74) is 0.910. The maximum absolute atomic E-state index is 10.3. The first-order valence-electron chi connectivity index (χ1n) is 6.56. The van der Waals surface area contributed by atoms with Gasteiger partial charge < -0.3 is 14.6 Å². The molecule has 18 heavy (non-hydrogen) atoms. The third kappa shape index (κ3) is 2.36. The summed E-state index contributed by atoms with van der Waals surface area (Å²) < 4.78 is 11.2. The zero-order valence-electron chi connectivity index (χ0n) is 10.4. The van der Waals surface area contributed by atoms with Gasteiger partial charge in [-0.05, 0) is 12.5 Å². The Hall–Kier alpha value is -1.10. The summed E-state index contributed by atoms with van der Waals surface area (Å²) in [5, 5.41) is 10.3. The molecule has 1 fully saturated rings. The highest BCUT2D eigenvalue weighted by molar-refractivity contribution is 5.36. The van der Waals surface area contributed by atoms with Gasteiger partial charge in [-0.25, -0.2) is 0 Å². The highest BCUT2D eigenvalue weighted by Gasteiger charge is 2.28. The van der Waals surface area contributed by atoms with Gasteiger partial charge in [-0.2, -0.15) is 0 Å². The van der Waals surface area contributed by atoms with Gasteiger partial charge in [0.15, 0.2) is 0 Å². The fourth-order valence-corrected chi connectivity index (χ4v) is 2.72. The summed E-state index contributed by atoms with van der Waals surface area (Å²) in [6.07, 6.45) is 0.299. The van der Waals surface area contributed by atoms with Gasteiger partial charge in [-0.3, -0.25) is 4.90 Å². The minimum absolute atomic E-state index is 0.274. The fraction of sp³-hybridized carbons (Fsp3) is 0.571. The van der Waals surface area contributed by atoms with Crippen LogP contribution in [0.4, 0.5) is 0 Å². The number of aliphatic hydroxyl groups excluding tert-OH is 1. The van der Waals surface area contributed by atoms with E-state index >= 15 is 0 Å². The Kier molecular flexibility index (Phi) is 3.50. The Morgan fingerprint density at radius 1 is 1.17 bits per heavy atom. The number of aliphatic hydroxyl groups is 1. The second-order valence-electron chi connectivity index (χ2n) is 4.90. The van der Waals surface area contributed by atoms with Crippen molar-refractivity contribution in [3.63, 3.8) is 0 Å². The molecule has 2 aliphatic heterocycles. The van der Waals surface area contributed by atoms with Gasteiger partial charge in [0.2, 0.25) is 0 Å². The molecule has 0 bridgehead atoms. The maximum atomic E-state index is 10.3. The predicted octanol–water partition coefficient (Wildman–Crippen LogP) is 1.20. The quantitative estimate of drug-likeness (QED) is 0.812. The van der Waals surface area contributed by atoms with E-state index in [0.29, 0.717) is 6.61 Å². The summed E-state index contributed by atoms with van der Waals surface area (Å²) in [5.74, 6) is 0.820. The van der Waals surface area contributed by atoms with Gasteiger partial charge in [-0.15, -0.1) is 0 Å². The number of nitrogens with zero attached hydrogens (tertiary/aromatic N) is 1. The molecule has 1 aromatic rings. The number of para-hydroxylation sites is 1. The van der Waals surface area contributed by atoms with E-state index in [1.807, 2.05) is 24.3 Å². The molecular weight excluding hydrogens is 230 g/mol. The summed E-state index contributed by atoms with van der Waals surface area (Å²) in [6.45, 7) is 4.06. The van der Waals surface area contributed by atoms with Gasteiger partial charge in [-0.1, -0.05) is 18.2 Å². The molecule has 2 heterocycles. The molecule has 0 radical (unpaired) electrons. The van der Waals surface area contributed by atoms with Crippen LogP contribution in [0.5, 0.6) is 5.75 Å². The molecule has 1 N–H and O–H groups in total. The Balaban J connectivity index is 1.75. The normalized spacial score (nSPS) is 29.2. The van der Waals surface area contributed by atoms with E-state index in [2.05, 4.69) is 4.90 Å². The number of ether oxygens (including phenoxy) is 2. The summed E-state index contributed by atoms with van der Waals surface area (Å²) in [4.78, 5) is 2.36. The van der Waals surface area contributed by atoms with Crippen molar-refractivity contribution in [2.45, 2.75) is 18.6 Å². The SMILES string of the molecule is O[C@@H]1C[C@H](N2CCOCC2)COc2ccccc21. The van der Waals surface area contributed by atoms with E-state index < -0.39 is 6.10 Å². The van der Waals surface area contributed by atoms with Crippen LogP contribution >= 0.6 is 0 Å². The topological polar surface area (TPSA) is 41.9 Å². The molecule has 1 saturated heterocycles. The first kappa shape index (κ1) is 12.0. The number of hydrogen-bond acceptors (Lipinski definition) is 4. The zero-order chi connectivity index (χ0) is 12.4. The highest BCUT2D eigenvalue weighted by atomic mass is 16.5. The van der Waals surface area contributed by atoms with Crippen molar-refractivity contribution >= 4 is 0 Å². The van der Waals surface area contributed by atoms with Crippen LogP contribution in [0.3, 0.4) is 0 Å². The second-order valence-corrected chi connectivity index (χ2v) is 4.90. The molecule has 3 rings (SSSR count). The van der Waals surface area contributed by atoms with Gasteiger partial charge in [0, 0.05) is 24.7 Å². The third-order valence-electron chi connectivity index (χ3n) is 3.77. The third-order valence-corrected chi connectivity index (χ3v) is 3.77. The lowest BCUT2D eigenvalue weighted by Crippen LogP contribution is -2.46. The first-order valence-corrected chi connectivity index (χ1v) is 6.56. The van der Waals surface area contributed by atoms with Gasteiger partial charge >= 0.3 is 0 Å². The number of benzene rings is 1. The van der Waals surface area contributed by atoms with Crippen molar-refractivity contribution in [3.05, 3.63) is 29.8 Å². The van der Waals surface area contributed by atoms with E-state index in [-0.39, 0.29) is 6.04 Å². The first-order chi connectivity index (χ1) is 8.84. The average molecular weight is 249 g/mol. The van der Waals surface area contributed by atoms with Crippen LogP contribution in [0.2, 0.25) is 0 Å². The Morgan fingerprint density at radius 2 is 1.94 bits per heavy atom. The molecule has 4 nitrogen and oxygen atoms in total. The molecule has 0 saturated carbocycles. The van der Waals surface area contributed by atoms with Crippen molar-refractivity contribution in [2.24, 2.45) is 0 Å². The van der Waals surface area contributed by atoms with Crippen molar-refractivity contribution in [3.8, 4) is 5.75 Å². The molecule has 0 aliphatic carbocycles. The van der Waals surface area contributed by atoms with Crippen LogP contribution in [0.15, 0.2) is 24.3 Å². The molecule has 2 aliphatic rings. The fourth-order valence-electron chi connectivity index (χ4n) is 2.72. The number of fused-ring (bicyclic) bond motifs is 1. The van der Waals surface area contributed by atoms with Crippen LogP contribution in [-0.4, -0.2) is 49.0 Å². The van der Waals surface area contributed by atoms with Crippen LogP contribution in [0.25, 0.3) is 0 Å². The molecule has 4 heteroatoms. The number of rotatable bonds is 1. The summed E-state index contributed by atoms with van der Waals surface area (Å²) in [6, 6.07) is 8.04. The molecule has 98 valence electrons. The number of morpholine rings is 1. The highest BCUT2D eigenvalue weighted by Crippen LogP contribution is 2.32. The molecule has 0 unspecified atom stereocenters. The van der Waals surface area contributed by atoms with Gasteiger partial charge in [0.25, 0.3) is 0 Å². The zero-order valence-corrected chi connectivity index (χ0v) is 10.4. The summed E-state index contributed by atoms with van der Waals surface area (Å²) >= 11 is 0. The smallest absolute Gasteiger partial charge is 0.125 e. The Morgan fingerprint density at radius 3 is 2.78 bits per heavy atom. The van der Waals surface area contributed by atoms with Crippen molar-refractivity contribution in [1.29, 1.82) is 0 Å². The lowest BCUT2D eigenvalue weighted by Gasteiger charge is -2.33. The summed E-state index contributed by atoms with van der Waals surface area (Å²) in [7, 11) is 0. The van der Waals surface area contributed by atoms with E-state index in [4.69, 9.17) is 9.47 Å². The molecule has 0 amide bonds. The number of hydrogen-bond donors (Lipinski definition) is 1. The van der Waals surface area contributed by atoms with Crippen LogP contribution in [-0.2, 0) is 4.74 Å². The molecule has 0 aromatic heterocycles. The van der Waals surface area contributed by atoms with E-state index in [9.17, 15) is 5.11 Å². The van der Waals surface area contributed by atoms with Crippen LogP contribution in [0.1, 0.15) is 18.1 Å². The average Bonchev–Trinajstić information content (AvgIpc) is 2.60. The molecule has 2 atom stereocenters. The minimum Gasteiger partial charge on any atom is -0.492 e. The van der Waals surface area contributed by atoms with Crippen LogP contribution in [0, 0.1) is 0 Å². The van der Waals surface area contributed by atoms with Gasteiger partial charge in [0.05, 0.1) is 19.3 Å². The van der Waals surface area contributed by atoms with Crippen LogP contribution < -0.4 is 4.74 Å². The second kappa shape index (κ2) is 5.26. The molecular formula is C14H19NO3. The maximum Gasteiger partial charge on any atom is 0.125 e. The van der Waals surface area contributed by atoms with E-state index in [1.165, 1.54) is 0 Å². The molecule has 1 aromatic carbocycles. The largest absolute Gasteiger partial charge is 0.492 e. The lowest BCUT2D eigenvalue weighted by atomic mass is 10.0. The lowest BCUT2D eigenvalue weighted by molar-refractivity contribution is -0.00386. The minimum atomic E-state index is -0.434.